The molecule has 0 radical (unpaired) electrons. The van der Waals surface area contributed by atoms with E-state index in [1.165, 1.54) is 24.0 Å². The number of amides is 1. The average molecular weight is 375 g/mol. The van der Waals surface area contributed by atoms with E-state index >= 15 is 0 Å². The van der Waals surface area contributed by atoms with Crippen molar-refractivity contribution in [1.29, 1.82) is 0 Å². The summed E-state index contributed by atoms with van der Waals surface area (Å²) in [7, 11) is 0. The van der Waals surface area contributed by atoms with Gasteiger partial charge in [-0.15, -0.1) is 0 Å². The van der Waals surface area contributed by atoms with E-state index in [4.69, 9.17) is 9.47 Å². The highest BCUT2D eigenvalue weighted by Gasteiger charge is 2.31. The van der Waals surface area contributed by atoms with Gasteiger partial charge in [-0.2, -0.15) is 0 Å². The summed E-state index contributed by atoms with van der Waals surface area (Å²) in [6, 6.07) is 6.59. The fourth-order valence-electron chi connectivity index (χ4n) is 3.47. The van der Waals surface area contributed by atoms with Gasteiger partial charge in [0, 0.05) is 37.8 Å². The van der Waals surface area contributed by atoms with Gasteiger partial charge in [-0.1, -0.05) is 17.7 Å². The zero-order valence-corrected chi connectivity index (χ0v) is 17.5. The number of piperazine rings is 1. The van der Waals surface area contributed by atoms with Crippen molar-refractivity contribution >= 4 is 6.09 Å². The first-order chi connectivity index (χ1) is 12.7. The van der Waals surface area contributed by atoms with E-state index in [0.717, 1.165) is 37.9 Å². The molecule has 1 atom stereocenters. The van der Waals surface area contributed by atoms with E-state index in [0.29, 0.717) is 6.54 Å². The summed E-state index contributed by atoms with van der Waals surface area (Å²) in [6.07, 6.45) is 2.38. The molecule has 2 aliphatic rings. The molecule has 0 bridgehead atoms. The van der Waals surface area contributed by atoms with Crippen LogP contribution in [0.5, 0.6) is 5.75 Å². The van der Waals surface area contributed by atoms with E-state index in [1.54, 1.807) is 0 Å². The van der Waals surface area contributed by atoms with E-state index in [1.807, 2.05) is 25.7 Å². The van der Waals surface area contributed by atoms with Gasteiger partial charge in [0.25, 0.3) is 0 Å². The van der Waals surface area contributed by atoms with Gasteiger partial charge in [0.2, 0.25) is 0 Å². The number of aryl methyl sites for hydroxylation is 1. The van der Waals surface area contributed by atoms with Crippen molar-refractivity contribution in [2.24, 2.45) is 5.92 Å². The summed E-state index contributed by atoms with van der Waals surface area (Å²) >= 11 is 0. The topological polar surface area (TPSA) is 42.0 Å². The molecule has 1 saturated heterocycles. The number of carbonyl (C=O) groups is 1. The molecule has 27 heavy (non-hydrogen) atoms. The Labute approximate surface area is 163 Å². The molecule has 0 N–H and O–H groups in total. The van der Waals surface area contributed by atoms with Crippen LogP contribution in [0.3, 0.4) is 0 Å². The Morgan fingerprint density at radius 2 is 1.96 bits per heavy atom. The van der Waals surface area contributed by atoms with Crippen LogP contribution >= 0.6 is 0 Å². The first-order valence-corrected chi connectivity index (χ1v) is 10.2. The van der Waals surface area contributed by atoms with E-state index in [2.05, 4.69) is 36.9 Å². The molecule has 1 aliphatic heterocycles. The maximum Gasteiger partial charge on any atom is 0.410 e. The van der Waals surface area contributed by atoms with Crippen molar-refractivity contribution in [3.63, 3.8) is 0 Å². The monoisotopic (exact) mass is 374 g/mol. The average Bonchev–Trinajstić information content (AvgIpc) is 3.37. The van der Waals surface area contributed by atoms with Crippen molar-refractivity contribution in [2.75, 3.05) is 26.2 Å². The van der Waals surface area contributed by atoms with Crippen molar-refractivity contribution in [3.05, 3.63) is 29.3 Å². The normalized spacial score (nSPS) is 21.2. The van der Waals surface area contributed by atoms with Gasteiger partial charge in [-0.3, -0.25) is 4.90 Å². The van der Waals surface area contributed by atoms with Gasteiger partial charge >= 0.3 is 6.09 Å². The minimum Gasteiger partial charge on any atom is -0.493 e. The largest absolute Gasteiger partial charge is 0.493 e. The molecule has 1 aromatic carbocycles. The molecule has 1 aliphatic carbocycles. The lowest BCUT2D eigenvalue weighted by atomic mass is 10.1. The Balaban J connectivity index is 1.59. The number of nitrogens with zero attached hydrogens (tertiary/aromatic N) is 2. The van der Waals surface area contributed by atoms with Crippen LogP contribution in [0.2, 0.25) is 0 Å². The molecular weight excluding hydrogens is 340 g/mol. The predicted octanol–water partition coefficient (Wildman–Crippen LogP) is 4.23. The number of ether oxygens (including phenoxy) is 2. The van der Waals surface area contributed by atoms with Crippen molar-refractivity contribution in [1.82, 2.24) is 9.80 Å². The lowest BCUT2D eigenvalue weighted by molar-refractivity contribution is 0.000461. The van der Waals surface area contributed by atoms with Crippen molar-refractivity contribution in [3.8, 4) is 5.75 Å². The molecular formula is C22H34N2O3. The second kappa shape index (κ2) is 8.09. The summed E-state index contributed by atoms with van der Waals surface area (Å²) in [5.41, 5.74) is 2.04. The third-order valence-corrected chi connectivity index (χ3v) is 5.12. The molecule has 3 rings (SSSR count). The fraction of sp³-hybridized carbons (Fsp3) is 0.682. The van der Waals surface area contributed by atoms with Crippen LogP contribution < -0.4 is 4.74 Å². The molecule has 0 spiro atoms. The molecule has 1 amide bonds. The number of carbonyl (C=O) groups excluding carboxylic acids is 1. The van der Waals surface area contributed by atoms with Crippen LogP contribution in [-0.2, 0) is 11.3 Å². The predicted molar refractivity (Wildman–Crippen MR) is 107 cm³/mol. The van der Waals surface area contributed by atoms with E-state index in [9.17, 15) is 4.79 Å². The summed E-state index contributed by atoms with van der Waals surface area (Å²) in [4.78, 5) is 16.7. The van der Waals surface area contributed by atoms with Gasteiger partial charge in [-0.25, -0.2) is 4.79 Å². The molecule has 5 nitrogen and oxygen atoms in total. The van der Waals surface area contributed by atoms with E-state index in [-0.39, 0.29) is 12.1 Å². The quantitative estimate of drug-likeness (QED) is 0.774. The summed E-state index contributed by atoms with van der Waals surface area (Å²) < 4.78 is 11.6. The van der Waals surface area contributed by atoms with Crippen LogP contribution in [0.4, 0.5) is 4.79 Å². The van der Waals surface area contributed by atoms with Crippen LogP contribution in [0.1, 0.15) is 51.7 Å². The standard InChI is InChI=1S/C22H34N2O3/c1-16-6-9-20(26-15-18-7-8-18)19(12-16)14-23-10-11-24(17(2)13-23)21(25)27-22(3,4)5/h6,9,12,17-18H,7-8,10-11,13-15H2,1-5H3/t17-/m0/s1. The Morgan fingerprint density at radius 3 is 2.59 bits per heavy atom. The summed E-state index contributed by atoms with van der Waals surface area (Å²) in [6.45, 7) is 14.0. The van der Waals surface area contributed by atoms with Gasteiger partial charge in [0.15, 0.2) is 0 Å². The molecule has 5 heteroatoms. The molecule has 1 saturated carbocycles. The highest BCUT2D eigenvalue weighted by Crippen LogP contribution is 2.31. The first kappa shape index (κ1) is 20.0. The number of benzene rings is 1. The third-order valence-electron chi connectivity index (χ3n) is 5.12. The van der Waals surface area contributed by atoms with Crippen molar-refractivity contribution in [2.45, 2.75) is 65.6 Å². The lowest BCUT2D eigenvalue weighted by Gasteiger charge is -2.40. The number of hydrogen-bond donors (Lipinski definition) is 0. The molecule has 1 aromatic rings. The highest BCUT2D eigenvalue weighted by molar-refractivity contribution is 5.68. The third kappa shape index (κ3) is 5.86. The summed E-state index contributed by atoms with van der Waals surface area (Å²) in [5, 5.41) is 0. The summed E-state index contributed by atoms with van der Waals surface area (Å²) in [5.74, 6) is 1.76. The minimum atomic E-state index is -0.455. The Bertz CT molecular complexity index is 664. The SMILES string of the molecule is Cc1ccc(OCC2CC2)c(CN2CCN(C(=O)OC(C)(C)C)[C@@H](C)C2)c1. The molecule has 2 fully saturated rings. The van der Waals surface area contributed by atoms with Gasteiger partial charge in [-0.05, 0) is 59.4 Å². The second-order valence-corrected chi connectivity index (χ2v) is 9.12. The van der Waals surface area contributed by atoms with Gasteiger partial charge in [0.05, 0.1) is 6.61 Å². The minimum absolute atomic E-state index is 0.134. The lowest BCUT2D eigenvalue weighted by Crippen LogP contribution is -2.54. The van der Waals surface area contributed by atoms with Crippen molar-refractivity contribution < 1.29 is 14.3 Å². The van der Waals surface area contributed by atoms with Crippen LogP contribution in [0, 0.1) is 12.8 Å². The zero-order valence-electron chi connectivity index (χ0n) is 17.5. The van der Waals surface area contributed by atoms with Crippen LogP contribution in [0.25, 0.3) is 0 Å². The van der Waals surface area contributed by atoms with Gasteiger partial charge in [0.1, 0.15) is 11.4 Å². The van der Waals surface area contributed by atoms with Crippen LogP contribution in [-0.4, -0.2) is 53.8 Å². The highest BCUT2D eigenvalue weighted by atomic mass is 16.6. The number of rotatable bonds is 5. The zero-order chi connectivity index (χ0) is 19.6. The maximum absolute atomic E-state index is 12.4. The molecule has 1 heterocycles. The first-order valence-electron chi connectivity index (χ1n) is 10.2. The molecule has 0 unspecified atom stereocenters. The molecule has 0 aromatic heterocycles. The fourth-order valence-corrected chi connectivity index (χ4v) is 3.47. The number of hydrogen-bond acceptors (Lipinski definition) is 4. The smallest absolute Gasteiger partial charge is 0.410 e. The van der Waals surface area contributed by atoms with E-state index < -0.39 is 5.60 Å². The van der Waals surface area contributed by atoms with Crippen LogP contribution in [0.15, 0.2) is 18.2 Å². The maximum atomic E-state index is 12.4. The Kier molecular flexibility index (Phi) is 5.99. The second-order valence-electron chi connectivity index (χ2n) is 9.12. The molecule has 150 valence electrons. The Morgan fingerprint density at radius 1 is 1.22 bits per heavy atom. The Hall–Kier alpha value is -1.75. The van der Waals surface area contributed by atoms with Gasteiger partial charge < -0.3 is 14.4 Å².